The van der Waals surface area contributed by atoms with Crippen molar-refractivity contribution in [1.82, 2.24) is 10.2 Å². The van der Waals surface area contributed by atoms with Gasteiger partial charge in [-0.05, 0) is 41.8 Å². The summed E-state index contributed by atoms with van der Waals surface area (Å²) in [7, 11) is 3.09. The van der Waals surface area contributed by atoms with E-state index in [-0.39, 0.29) is 29.8 Å². The van der Waals surface area contributed by atoms with Gasteiger partial charge in [0.25, 0.3) is 5.91 Å². The molecule has 0 aromatic heterocycles. The van der Waals surface area contributed by atoms with E-state index in [0.717, 1.165) is 18.7 Å². The minimum Gasteiger partial charge on any atom is -0.495 e. The van der Waals surface area contributed by atoms with E-state index in [4.69, 9.17) is 20.0 Å². The molecular formula is C28H39FN4O4. The zero-order chi connectivity index (χ0) is 27.2. The van der Waals surface area contributed by atoms with E-state index in [1.54, 1.807) is 25.3 Å². The summed E-state index contributed by atoms with van der Waals surface area (Å²) >= 11 is 0. The van der Waals surface area contributed by atoms with Gasteiger partial charge < -0.3 is 20.5 Å². The number of hydrogen-bond acceptors (Lipinski definition) is 7. The van der Waals surface area contributed by atoms with E-state index in [1.165, 1.54) is 24.9 Å². The lowest BCUT2D eigenvalue weighted by Crippen LogP contribution is -2.42. The summed E-state index contributed by atoms with van der Waals surface area (Å²) in [6, 6.07) is 12.7. The predicted octanol–water partition coefficient (Wildman–Crippen LogP) is 4.24. The van der Waals surface area contributed by atoms with E-state index in [2.05, 4.69) is 27.8 Å². The minimum absolute atomic E-state index is 0.0583. The molecule has 8 nitrogen and oxygen atoms in total. The second kappa shape index (κ2) is 15.7. The summed E-state index contributed by atoms with van der Waals surface area (Å²) in [6.07, 6.45) is 2.91. The maximum Gasteiger partial charge on any atom is 0.253 e. The molecule has 0 spiro atoms. The molecule has 0 aliphatic carbocycles. The molecule has 1 unspecified atom stereocenters. The van der Waals surface area contributed by atoms with Crippen molar-refractivity contribution in [3.8, 4) is 0 Å². The van der Waals surface area contributed by atoms with Crippen LogP contribution in [0.5, 0.6) is 0 Å². The molecule has 0 bridgehead atoms. The SMILES string of the molecule is CC.COCc1ccccc1CN1CCO/C(=C/C(=C\N)C(=O)NCc2ccc(NOC)c(F)c2)C1C. The fourth-order valence-electron chi connectivity index (χ4n) is 3.87. The molecule has 1 fully saturated rings. The molecule has 2 aromatic rings. The number of carbonyl (C=O) groups is 1. The average molecular weight is 515 g/mol. The van der Waals surface area contributed by atoms with Gasteiger partial charge in [-0.1, -0.05) is 44.2 Å². The Morgan fingerprint density at radius 3 is 2.59 bits per heavy atom. The zero-order valence-electron chi connectivity index (χ0n) is 22.3. The minimum atomic E-state index is -0.480. The van der Waals surface area contributed by atoms with Crippen LogP contribution in [-0.2, 0) is 38.8 Å². The molecule has 9 heteroatoms. The number of nitrogens with zero attached hydrogens (tertiary/aromatic N) is 1. The van der Waals surface area contributed by atoms with Crippen LogP contribution < -0.4 is 16.5 Å². The Morgan fingerprint density at radius 1 is 1.22 bits per heavy atom. The van der Waals surface area contributed by atoms with Crippen molar-refractivity contribution in [2.45, 2.75) is 46.5 Å². The monoisotopic (exact) mass is 514 g/mol. The molecule has 1 atom stereocenters. The van der Waals surface area contributed by atoms with E-state index in [1.807, 2.05) is 32.9 Å². The van der Waals surface area contributed by atoms with Crippen molar-refractivity contribution < 1.29 is 23.5 Å². The number of nitrogens with two attached hydrogens (primary N) is 1. The summed E-state index contributed by atoms with van der Waals surface area (Å²) in [5.74, 6) is -0.196. The Balaban J connectivity index is 0.00000235. The smallest absolute Gasteiger partial charge is 0.253 e. The third-order valence-electron chi connectivity index (χ3n) is 5.84. The fraction of sp³-hybridized carbons (Fsp3) is 0.393. The molecule has 3 rings (SSSR count). The molecule has 1 aliphatic heterocycles. The van der Waals surface area contributed by atoms with Crippen LogP contribution in [0.1, 0.15) is 37.5 Å². The van der Waals surface area contributed by atoms with Gasteiger partial charge in [-0.25, -0.2) is 4.39 Å². The van der Waals surface area contributed by atoms with Gasteiger partial charge in [-0.3, -0.25) is 20.0 Å². The highest BCUT2D eigenvalue weighted by molar-refractivity contribution is 5.96. The van der Waals surface area contributed by atoms with E-state index >= 15 is 0 Å². The molecule has 0 saturated carbocycles. The molecule has 2 aromatic carbocycles. The van der Waals surface area contributed by atoms with Gasteiger partial charge in [0.2, 0.25) is 0 Å². The van der Waals surface area contributed by atoms with Crippen molar-refractivity contribution in [2.24, 2.45) is 5.73 Å². The number of nitrogens with one attached hydrogen (secondary N) is 2. The van der Waals surface area contributed by atoms with E-state index < -0.39 is 5.82 Å². The number of rotatable bonds is 10. The first-order valence-electron chi connectivity index (χ1n) is 12.4. The number of carbonyl (C=O) groups excluding carboxylic acids is 1. The molecule has 37 heavy (non-hydrogen) atoms. The standard InChI is InChI=1S/C26H33FN4O4.C2H6/c1-18-25(35-11-10-31(18)16-20-6-4-5-7-21(20)17-33-2)13-22(14-28)26(32)29-15-19-8-9-24(30-34-3)23(27)12-19;1-2/h4-9,12-14,18,30H,10-11,15-17,28H2,1-3H3,(H,29,32);1-2H3/b22-14+,25-13+;. The van der Waals surface area contributed by atoms with Gasteiger partial charge in [0, 0.05) is 32.9 Å². The van der Waals surface area contributed by atoms with Gasteiger partial charge in [-0.2, -0.15) is 0 Å². The highest BCUT2D eigenvalue weighted by atomic mass is 19.1. The lowest BCUT2D eigenvalue weighted by Gasteiger charge is -2.36. The molecule has 1 amide bonds. The second-order valence-electron chi connectivity index (χ2n) is 8.17. The van der Waals surface area contributed by atoms with Crippen molar-refractivity contribution >= 4 is 11.6 Å². The summed E-state index contributed by atoms with van der Waals surface area (Å²) in [5.41, 5.74) is 11.6. The number of amides is 1. The van der Waals surface area contributed by atoms with Crippen LogP contribution in [-0.4, -0.2) is 44.2 Å². The third kappa shape index (κ3) is 8.59. The Hall–Kier alpha value is -3.40. The van der Waals surface area contributed by atoms with Gasteiger partial charge in [0.1, 0.15) is 18.2 Å². The summed E-state index contributed by atoms with van der Waals surface area (Å²) in [5, 5.41) is 2.77. The number of hydrogen-bond donors (Lipinski definition) is 3. The van der Waals surface area contributed by atoms with Gasteiger partial charge in [0.05, 0.1) is 31.0 Å². The van der Waals surface area contributed by atoms with Crippen molar-refractivity contribution in [1.29, 1.82) is 0 Å². The topological polar surface area (TPSA) is 98.1 Å². The lowest BCUT2D eigenvalue weighted by atomic mass is 10.0. The first kappa shape index (κ1) is 29.8. The first-order chi connectivity index (χ1) is 18.0. The van der Waals surface area contributed by atoms with Crippen LogP contribution >= 0.6 is 0 Å². The molecule has 1 aliphatic rings. The Bertz CT molecular complexity index is 1070. The number of methoxy groups -OCH3 is 1. The van der Waals surface area contributed by atoms with Gasteiger partial charge in [-0.15, -0.1) is 0 Å². The van der Waals surface area contributed by atoms with Crippen molar-refractivity contribution in [3.63, 3.8) is 0 Å². The fourth-order valence-corrected chi connectivity index (χ4v) is 3.87. The quantitative estimate of drug-likeness (QED) is 0.322. The molecule has 202 valence electrons. The lowest BCUT2D eigenvalue weighted by molar-refractivity contribution is -0.117. The first-order valence-corrected chi connectivity index (χ1v) is 12.4. The number of halogens is 1. The second-order valence-corrected chi connectivity index (χ2v) is 8.17. The average Bonchev–Trinajstić information content (AvgIpc) is 2.91. The van der Waals surface area contributed by atoms with E-state index in [9.17, 15) is 9.18 Å². The molecular weight excluding hydrogens is 475 g/mol. The van der Waals surface area contributed by atoms with Crippen molar-refractivity contribution in [2.75, 3.05) is 32.9 Å². The molecule has 0 radical (unpaired) electrons. The highest BCUT2D eigenvalue weighted by Crippen LogP contribution is 2.23. The zero-order valence-corrected chi connectivity index (χ0v) is 22.3. The maximum absolute atomic E-state index is 14.1. The van der Waals surface area contributed by atoms with E-state index in [0.29, 0.717) is 24.5 Å². The van der Waals surface area contributed by atoms with Crippen LogP contribution in [0.2, 0.25) is 0 Å². The number of morpholine rings is 1. The number of benzene rings is 2. The normalized spacial score (nSPS) is 17.0. The molecule has 4 N–H and O–H groups in total. The van der Waals surface area contributed by atoms with Crippen LogP contribution in [0.25, 0.3) is 0 Å². The Labute approximate surface area is 219 Å². The molecule has 1 saturated heterocycles. The maximum atomic E-state index is 14.1. The van der Waals surface area contributed by atoms with Crippen LogP contribution in [0.15, 0.2) is 66.1 Å². The van der Waals surface area contributed by atoms with Crippen molar-refractivity contribution in [3.05, 3.63) is 88.6 Å². The largest absolute Gasteiger partial charge is 0.495 e. The van der Waals surface area contributed by atoms with Gasteiger partial charge in [0.15, 0.2) is 0 Å². The van der Waals surface area contributed by atoms with Crippen LogP contribution in [0.4, 0.5) is 10.1 Å². The van der Waals surface area contributed by atoms with Crippen LogP contribution in [0.3, 0.4) is 0 Å². The highest BCUT2D eigenvalue weighted by Gasteiger charge is 2.26. The summed E-state index contributed by atoms with van der Waals surface area (Å²) in [4.78, 5) is 19.8. The van der Waals surface area contributed by atoms with Gasteiger partial charge >= 0.3 is 0 Å². The predicted molar refractivity (Wildman–Crippen MR) is 144 cm³/mol. The number of ether oxygens (including phenoxy) is 2. The molecule has 1 heterocycles. The number of anilines is 1. The summed E-state index contributed by atoms with van der Waals surface area (Å²) in [6.45, 7) is 8.72. The van der Waals surface area contributed by atoms with Crippen LogP contribution in [0, 0.1) is 5.82 Å². The summed E-state index contributed by atoms with van der Waals surface area (Å²) < 4.78 is 25.3. The third-order valence-corrected chi connectivity index (χ3v) is 5.84. The Kier molecular flexibility index (Phi) is 12.6. The Morgan fingerprint density at radius 2 is 1.95 bits per heavy atom.